The first-order chi connectivity index (χ1) is 36.5. The van der Waals surface area contributed by atoms with E-state index >= 15 is 0 Å². The van der Waals surface area contributed by atoms with E-state index in [4.69, 9.17) is 74.6 Å². The van der Waals surface area contributed by atoms with Crippen molar-refractivity contribution in [2.45, 2.75) is 108 Å². The van der Waals surface area contributed by atoms with E-state index in [1.54, 1.807) is 48.5 Å². The van der Waals surface area contributed by atoms with Crippen LogP contribution in [0.2, 0.25) is 20.1 Å². The SMILES string of the molecule is C.O=C(NCCS(=O)(=O)O)c1ccc(N2C[C@@H]3C[C@H]2C[C@H]3OCc2c(-c3c(Cl)cccc3Cl)noc2C2CC2)cc1F.O=C(O)c1ccc(N2C[C@@H]3C[C@H]2C[C@H]3OCc2c(-c3c(Cl)cccc3Cl)noc2C2CC2)cc1F. The highest BCUT2D eigenvalue weighted by molar-refractivity contribution is 7.85. The van der Waals surface area contributed by atoms with Crippen LogP contribution < -0.4 is 15.1 Å². The quantitative estimate of drug-likeness (QED) is 0.0729. The number of ether oxygens (including phenoxy) is 2. The molecule has 2 aromatic heterocycles. The van der Waals surface area contributed by atoms with Gasteiger partial charge in [-0.3, -0.25) is 9.35 Å². The number of rotatable bonds is 17. The smallest absolute Gasteiger partial charge is 0.338 e. The van der Waals surface area contributed by atoms with Gasteiger partial charge in [-0.15, -0.1) is 0 Å². The molecule has 0 unspecified atom stereocenters. The molecule has 22 heteroatoms. The zero-order valence-corrected chi connectivity index (χ0v) is 44.4. The fourth-order valence-corrected chi connectivity index (χ4v) is 13.0. The first-order valence-corrected chi connectivity index (χ1v) is 28.3. The highest BCUT2D eigenvalue weighted by atomic mass is 35.5. The molecule has 15 nitrogen and oxygen atoms in total. The summed E-state index contributed by atoms with van der Waals surface area (Å²) >= 11 is 25.9. The van der Waals surface area contributed by atoms with Crippen molar-refractivity contribution in [3.8, 4) is 22.5 Å². The van der Waals surface area contributed by atoms with E-state index in [1.165, 1.54) is 24.3 Å². The maximum atomic E-state index is 14.8. The topological polar surface area (TPSA) is 198 Å². The van der Waals surface area contributed by atoms with Crippen molar-refractivity contribution in [2.24, 2.45) is 11.8 Å². The van der Waals surface area contributed by atoms with Gasteiger partial charge in [0, 0.05) is 89.0 Å². The van der Waals surface area contributed by atoms with Gasteiger partial charge in [-0.25, -0.2) is 13.6 Å². The third-order valence-electron chi connectivity index (χ3n) is 15.5. The number of carbonyl (C=O) groups excluding carboxylic acids is 1. The lowest BCUT2D eigenvalue weighted by molar-refractivity contribution is 0.0122. The Hall–Kier alpha value is -5.31. The van der Waals surface area contributed by atoms with Gasteiger partial charge in [-0.05, 0) is 112 Å². The molecule has 4 aliphatic carbocycles. The van der Waals surface area contributed by atoms with Gasteiger partial charge in [0.15, 0.2) is 0 Å². The Morgan fingerprint density at radius 1 is 0.675 bits per heavy atom. The number of carboxylic acids is 1. The molecule has 4 aromatic carbocycles. The molecular weight excluding hydrogens is 1100 g/mol. The van der Waals surface area contributed by atoms with Crippen LogP contribution in [0.25, 0.3) is 22.5 Å². The van der Waals surface area contributed by atoms with Gasteiger partial charge in [-0.2, -0.15) is 8.42 Å². The second-order valence-electron chi connectivity index (χ2n) is 20.4. The molecule has 77 heavy (non-hydrogen) atoms. The average molecular weight is 1160 g/mol. The number of amides is 1. The molecule has 6 fully saturated rings. The molecule has 2 aliphatic heterocycles. The highest BCUT2D eigenvalue weighted by Crippen LogP contribution is 2.50. The number of halogens is 6. The largest absolute Gasteiger partial charge is 0.478 e. The number of nitrogens with zero attached hydrogens (tertiary/aromatic N) is 4. The molecule has 6 aromatic rings. The molecule has 6 aliphatic rings. The van der Waals surface area contributed by atoms with Crippen molar-refractivity contribution in [3.63, 3.8) is 0 Å². The van der Waals surface area contributed by atoms with Crippen LogP contribution in [0, 0.1) is 23.5 Å². The van der Waals surface area contributed by atoms with Gasteiger partial charge in [0.05, 0.1) is 62.4 Å². The van der Waals surface area contributed by atoms with Crippen molar-refractivity contribution in [1.29, 1.82) is 0 Å². The number of fused-ring (bicyclic) bond motifs is 4. The fourth-order valence-electron chi connectivity index (χ4n) is 11.4. The standard InChI is InChI=1S/C28H28Cl2FN3O6S.C26H23Cl2FN2O4.CH4/c29-21-2-1-3-22(30)25(21)26-20(27(40-33-26)15-4-5-15)14-39-24-12-18-10-16(24)13-34(18)17-6-7-19(23(31)11-17)28(35)32-8-9-41(36,37)38;27-19-2-1-3-20(28)23(19)24-18(25(35-30-24)13-4-5-13)12-34-22-10-16-8-14(22)11-31(16)15-6-7-17(26(32)33)21(29)9-15;/h1-3,6-7,11,15-16,18,24H,4-5,8-10,12-14H2,(H,32,35)(H,36,37,38);1-3,6-7,9,13-14,16,22H,4-5,8,10-12H2,(H,32,33);1H4/t16-,18-,24+;14-,16-,22+;/m00./s1. The van der Waals surface area contributed by atoms with Crippen molar-refractivity contribution in [2.75, 3.05) is 35.2 Å². The summed E-state index contributed by atoms with van der Waals surface area (Å²) in [5.41, 5.74) is 5.24. The summed E-state index contributed by atoms with van der Waals surface area (Å²) in [7, 11) is -4.22. The molecule has 4 heterocycles. The molecule has 0 radical (unpaired) electrons. The van der Waals surface area contributed by atoms with E-state index in [2.05, 4.69) is 25.4 Å². The minimum absolute atomic E-state index is 0. The Kier molecular flexibility index (Phi) is 16.0. The molecule has 2 saturated heterocycles. The van der Waals surface area contributed by atoms with Crippen LogP contribution in [0.15, 0.2) is 81.8 Å². The van der Waals surface area contributed by atoms with E-state index < -0.39 is 39.4 Å². The Labute approximate surface area is 463 Å². The first kappa shape index (κ1) is 55.0. The number of benzene rings is 4. The number of anilines is 2. The number of carboxylic acid groups (broad SMARTS) is 1. The van der Waals surface area contributed by atoms with Crippen LogP contribution in [0.1, 0.15) is 114 Å². The van der Waals surface area contributed by atoms with E-state index in [0.717, 1.165) is 80.6 Å². The van der Waals surface area contributed by atoms with E-state index in [9.17, 15) is 26.8 Å². The van der Waals surface area contributed by atoms with E-state index in [0.29, 0.717) is 91.5 Å². The molecule has 4 bridgehead atoms. The Morgan fingerprint density at radius 3 is 1.47 bits per heavy atom. The number of aromatic nitrogens is 2. The van der Waals surface area contributed by atoms with Crippen LogP contribution in [0.5, 0.6) is 0 Å². The monoisotopic (exact) mass is 1160 g/mol. The van der Waals surface area contributed by atoms with Gasteiger partial charge < -0.3 is 38.7 Å². The third kappa shape index (κ3) is 11.6. The number of carbonyl (C=O) groups is 2. The second kappa shape index (κ2) is 22.4. The summed E-state index contributed by atoms with van der Waals surface area (Å²) in [5, 5.41) is 22.1. The molecule has 4 saturated carbocycles. The molecular formula is C55H55Cl4F2N5O10S. The summed E-state index contributed by atoms with van der Waals surface area (Å²) in [6, 6.07) is 19.8. The molecule has 408 valence electrons. The third-order valence-corrected chi connectivity index (χ3v) is 17.4. The molecule has 0 spiro atoms. The normalized spacial score (nSPS) is 22.3. The lowest BCUT2D eigenvalue weighted by Crippen LogP contribution is -2.38. The minimum atomic E-state index is -4.22. The molecule has 1 amide bonds. The minimum Gasteiger partial charge on any atom is -0.478 e. The van der Waals surface area contributed by atoms with Crippen LogP contribution >= 0.6 is 46.4 Å². The summed E-state index contributed by atoms with van der Waals surface area (Å²) in [4.78, 5) is 27.7. The van der Waals surface area contributed by atoms with Crippen LogP contribution in [0.3, 0.4) is 0 Å². The molecule has 6 atom stereocenters. The van der Waals surface area contributed by atoms with Crippen LogP contribution in [-0.4, -0.2) is 89.9 Å². The van der Waals surface area contributed by atoms with Crippen molar-refractivity contribution in [3.05, 3.63) is 138 Å². The molecule has 3 N–H and O–H groups in total. The number of aromatic carboxylic acids is 1. The van der Waals surface area contributed by atoms with E-state index in [-0.39, 0.29) is 55.3 Å². The van der Waals surface area contributed by atoms with Gasteiger partial charge >= 0.3 is 5.97 Å². The Balaban J connectivity index is 0.000000174. The number of nitrogens with one attached hydrogen (secondary N) is 1. The summed E-state index contributed by atoms with van der Waals surface area (Å²) in [5.74, 6) is -1.13. The van der Waals surface area contributed by atoms with Gasteiger partial charge in [0.25, 0.3) is 16.0 Å². The zero-order chi connectivity index (χ0) is 53.2. The van der Waals surface area contributed by atoms with Crippen LogP contribution in [0.4, 0.5) is 20.2 Å². The van der Waals surface area contributed by atoms with Crippen molar-refractivity contribution in [1.82, 2.24) is 15.6 Å². The summed E-state index contributed by atoms with van der Waals surface area (Å²) < 4.78 is 83.9. The second-order valence-corrected chi connectivity index (χ2v) is 23.6. The highest BCUT2D eigenvalue weighted by Gasteiger charge is 2.47. The Morgan fingerprint density at radius 2 is 1.10 bits per heavy atom. The zero-order valence-electron chi connectivity index (χ0n) is 40.6. The summed E-state index contributed by atoms with van der Waals surface area (Å²) in [6.45, 7) is 1.80. The summed E-state index contributed by atoms with van der Waals surface area (Å²) in [6.07, 6.45) is 7.76. The average Bonchev–Trinajstić information content (AvgIpc) is 4.11. The predicted octanol–water partition coefficient (Wildman–Crippen LogP) is 12.6. The Bertz CT molecular complexity index is 3300. The molecule has 12 rings (SSSR count). The maximum Gasteiger partial charge on any atom is 0.338 e. The maximum absolute atomic E-state index is 14.8. The first-order valence-electron chi connectivity index (χ1n) is 25.2. The number of hydrogen-bond acceptors (Lipinski definition) is 12. The van der Waals surface area contributed by atoms with Crippen LogP contribution in [-0.2, 0) is 32.8 Å². The van der Waals surface area contributed by atoms with Crippen molar-refractivity contribution >= 4 is 79.8 Å². The van der Waals surface area contributed by atoms with Crippen molar-refractivity contribution < 1.29 is 55.0 Å². The van der Waals surface area contributed by atoms with Gasteiger partial charge in [0.1, 0.15) is 34.5 Å². The predicted molar refractivity (Wildman–Crippen MR) is 288 cm³/mol. The fraction of sp³-hybridized carbons (Fsp3) is 0.418. The number of piperidine rings is 2. The lowest BCUT2D eigenvalue weighted by Gasteiger charge is -2.33. The van der Waals surface area contributed by atoms with Gasteiger partial charge in [-0.1, -0.05) is 76.3 Å². The number of hydrogen-bond donors (Lipinski definition) is 3. The lowest BCUT2D eigenvalue weighted by atomic mass is 10.0. The van der Waals surface area contributed by atoms with E-state index in [1.807, 2.05) is 0 Å². The van der Waals surface area contributed by atoms with Gasteiger partial charge in [0.2, 0.25) is 0 Å².